The molecule has 0 aliphatic heterocycles. The van der Waals surface area contributed by atoms with Crippen LogP contribution in [0.1, 0.15) is 11.1 Å². The number of halogens is 1. The fraction of sp³-hybridized carbons (Fsp3) is 0.222. The van der Waals surface area contributed by atoms with Gasteiger partial charge in [-0.05, 0) is 36.2 Å². The lowest BCUT2D eigenvalue weighted by Crippen LogP contribution is -2.41. The van der Waals surface area contributed by atoms with E-state index in [1.165, 1.54) is 6.07 Å². The summed E-state index contributed by atoms with van der Waals surface area (Å²) in [4.78, 5) is 16.0. The largest absolute Gasteiger partial charge is 0.352 e. The van der Waals surface area contributed by atoms with Crippen molar-refractivity contribution in [1.82, 2.24) is 10.6 Å². The molecule has 0 spiro atoms. The van der Waals surface area contributed by atoms with Gasteiger partial charge in [0.25, 0.3) is 0 Å². The zero-order chi connectivity index (χ0) is 17.4. The van der Waals surface area contributed by atoms with E-state index in [2.05, 4.69) is 20.9 Å². The Labute approximate surface area is 141 Å². The molecular weight excluding hydrogens is 307 g/mol. The summed E-state index contributed by atoms with van der Waals surface area (Å²) in [5, 5.41) is 8.81. The van der Waals surface area contributed by atoms with Gasteiger partial charge in [-0.3, -0.25) is 9.79 Å². The molecule has 2 aromatic carbocycles. The van der Waals surface area contributed by atoms with Gasteiger partial charge in [-0.15, -0.1) is 0 Å². The first-order valence-electron chi connectivity index (χ1n) is 7.63. The molecule has 2 rings (SSSR count). The second-order valence-electron chi connectivity index (χ2n) is 5.28. The van der Waals surface area contributed by atoms with Gasteiger partial charge in [0.15, 0.2) is 5.96 Å². The number of hydrogen-bond acceptors (Lipinski definition) is 2. The first-order valence-corrected chi connectivity index (χ1v) is 7.63. The quantitative estimate of drug-likeness (QED) is 0.583. The van der Waals surface area contributed by atoms with Crippen LogP contribution in [-0.4, -0.2) is 25.5 Å². The number of rotatable bonds is 5. The summed E-state index contributed by atoms with van der Waals surface area (Å²) in [6.07, 6.45) is 0. The molecule has 0 bridgehead atoms. The Bertz CT molecular complexity index is 716. The van der Waals surface area contributed by atoms with E-state index in [1.807, 2.05) is 30.3 Å². The number of nitrogens with zero attached hydrogens (tertiary/aromatic N) is 1. The van der Waals surface area contributed by atoms with E-state index in [1.54, 1.807) is 26.1 Å². The molecule has 2 aromatic rings. The van der Waals surface area contributed by atoms with Crippen molar-refractivity contribution in [2.24, 2.45) is 4.99 Å². The Kier molecular flexibility index (Phi) is 6.31. The molecule has 0 saturated carbocycles. The van der Waals surface area contributed by atoms with Crippen LogP contribution in [-0.2, 0) is 11.3 Å². The van der Waals surface area contributed by atoms with Crippen LogP contribution < -0.4 is 16.0 Å². The van der Waals surface area contributed by atoms with Gasteiger partial charge in [0.05, 0.1) is 6.54 Å². The van der Waals surface area contributed by atoms with Crippen molar-refractivity contribution in [1.29, 1.82) is 0 Å². The minimum Gasteiger partial charge on any atom is -0.352 e. The zero-order valence-electron chi connectivity index (χ0n) is 13.8. The topological polar surface area (TPSA) is 65.5 Å². The number of nitrogens with one attached hydrogen (secondary N) is 3. The summed E-state index contributed by atoms with van der Waals surface area (Å²) in [7, 11) is 1.63. The molecule has 0 aliphatic rings. The normalized spacial score (nSPS) is 11.0. The number of aliphatic imine (C=N–C) groups is 1. The van der Waals surface area contributed by atoms with Crippen molar-refractivity contribution in [3.05, 3.63) is 65.5 Å². The van der Waals surface area contributed by atoms with Gasteiger partial charge in [0, 0.05) is 19.3 Å². The molecule has 0 aliphatic carbocycles. The zero-order valence-corrected chi connectivity index (χ0v) is 13.8. The Morgan fingerprint density at radius 3 is 2.54 bits per heavy atom. The van der Waals surface area contributed by atoms with E-state index in [0.717, 1.165) is 11.3 Å². The second-order valence-corrected chi connectivity index (χ2v) is 5.28. The van der Waals surface area contributed by atoms with Gasteiger partial charge in [0.2, 0.25) is 5.91 Å². The van der Waals surface area contributed by atoms with Crippen LogP contribution in [0.25, 0.3) is 0 Å². The van der Waals surface area contributed by atoms with E-state index >= 15 is 0 Å². The summed E-state index contributed by atoms with van der Waals surface area (Å²) < 4.78 is 13.3. The van der Waals surface area contributed by atoms with Gasteiger partial charge in [-0.25, -0.2) is 4.39 Å². The van der Waals surface area contributed by atoms with Crippen molar-refractivity contribution in [3.8, 4) is 0 Å². The molecule has 0 unspecified atom stereocenters. The Balaban J connectivity index is 1.79. The predicted octanol–water partition coefficient (Wildman–Crippen LogP) is 2.44. The molecule has 24 heavy (non-hydrogen) atoms. The van der Waals surface area contributed by atoms with Crippen LogP contribution >= 0.6 is 0 Å². The summed E-state index contributed by atoms with van der Waals surface area (Å²) in [5.41, 5.74) is 2.28. The second kappa shape index (κ2) is 8.67. The molecule has 0 heterocycles. The van der Waals surface area contributed by atoms with Crippen LogP contribution in [0, 0.1) is 12.7 Å². The highest BCUT2D eigenvalue weighted by atomic mass is 19.1. The maximum Gasteiger partial charge on any atom is 0.243 e. The molecule has 3 N–H and O–H groups in total. The molecule has 1 amide bonds. The number of guanidine groups is 1. The minimum absolute atomic E-state index is 0.0943. The lowest BCUT2D eigenvalue weighted by atomic mass is 10.1. The first-order chi connectivity index (χ1) is 11.6. The fourth-order valence-electron chi connectivity index (χ4n) is 2.11. The molecular formula is C18H21FN4O. The van der Waals surface area contributed by atoms with Crippen LogP contribution in [0.4, 0.5) is 10.1 Å². The van der Waals surface area contributed by atoms with Gasteiger partial charge in [0.1, 0.15) is 5.82 Å². The van der Waals surface area contributed by atoms with Gasteiger partial charge in [-0.2, -0.15) is 0 Å². The third kappa shape index (κ3) is 5.39. The van der Waals surface area contributed by atoms with E-state index in [0.29, 0.717) is 18.1 Å². The molecule has 126 valence electrons. The number of anilines is 1. The molecule has 0 aromatic heterocycles. The summed E-state index contributed by atoms with van der Waals surface area (Å²) in [6, 6.07) is 14.2. The fourth-order valence-corrected chi connectivity index (χ4v) is 2.11. The average Bonchev–Trinajstić information content (AvgIpc) is 2.59. The van der Waals surface area contributed by atoms with Crippen LogP contribution in [0.15, 0.2) is 53.5 Å². The maximum absolute atomic E-state index is 13.3. The highest BCUT2D eigenvalue weighted by Gasteiger charge is 2.05. The molecule has 0 saturated heterocycles. The minimum atomic E-state index is -0.223. The first kappa shape index (κ1) is 17.5. The summed E-state index contributed by atoms with van der Waals surface area (Å²) >= 11 is 0. The van der Waals surface area contributed by atoms with E-state index in [9.17, 15) is 9.18 Å². The third-order valence-corrected chi connectivity index (χ3v) is 3.38. The lowest BCUT2D eigenvalue weighted by Gasteiger charge is -2.12. The van der Waals surface area contributed by atoms with E-state index in [-0.39, 0.29) is 18.3 Å². The van der Waals surface area contributed by atoms with Crippen LogP contribution in [0.3, 0.4) is 0 Å². The summed E-state index contributed by atoms with van der Waals surface area (Å²) in [6.45, 7) is 2.30. The monoisotopic (exact) mass is 328 g/mol. The van der Waals surface area contributed by atoms with E-state index in [4.69, 9.17) is 0 Å². The highest BCUT2D eigenvalue weighted by molar-refractivity contribution is 5.94. The molecule has 0 fully saturated rings. The smallest absolute Gasteiger partial charge is 0.243 e. The SMILES string of the molecule is CN=C(NCC(=O)Nc1ccccc1)NCc1ccc(F)c(C)c1. The highest BCUT2D eigenvalue weighted by Crippen LogP contribution is 2.08. The third-order valence-electron chi connectivity index (χ3n) is 3.38. The molecule has 0 atom stereocenters. The van der Waals surface area contributed by atoms with Crippen LogP contribution in [0.5, 0.6) is 0 Å². The number of carbonyl (C=O) groups is 1. The molecule has 5 nitrogen and oxygen atoms in total. The van der Waals surface area contributed by atoms with Crippen molar-refractivity contribution in [2.45, 2.75) is 13.5 Å². The average molecular weight is 328 g/mol. The Hall–Kier alpha value is -2.89. The predicted molar refractivity (Wildman–Crippen MR) is 94.4 cm³/mol. The number of aryl methyl sites for hydroxylation is 1. The van der Waals surface area contributed by atoms with Crippen molar-refractivity contribution in [3.63, 3.8) is 0 Å². The number of amides is 1. The number of para-hydroxylation sites is 1. The molecule has 6 heteroatoms. The van der Waals surface area contributed by atoms with Crippen molar-refractivity contribution >= 4 is 17.6 Å². The van der Waals surface area contributed by atoms with Gasteiger partial charge < -0.3 is 16.0 Å². The van der Waals surface area contributed by atoms with Gasteiger partial charge in [-0.1, -0.05) is 30.3 Å². The lowest BCUT2D eigenvalue weighted by molar-refractivity contribution is -0.115. The van der Waals surface area contributed by atoms with E-state index < -0.39 is 0 Å². The van der Waals surface area contributed by atoms with Crippen molar-refractivity contribution < 1.29 is 9.18 Å². The number of hydrogen-bond donors (Lipinski definition) is 3. The summed E-state index contributed by atoms with van der Waals surface area (Å²) in [5.74, 6) is 0.112. The molecule has 0 radical (unpaired) electrons. The maximum atomic E-state index is 13.3. The number of carbonyl (C=O) groups excluding carboxylic acids is 1. The Morgan fingerprint density at radius 1 is 1.12 bits per heavy atom. The van der Waals surface area contributed by atoms with Crippen LogP contribution in [0.2, 0.25) is 0 Å². The Morgan fingerprint density at radius 2 is 1.88 bits per heavy atom. The standard InChI is InChI=1S/C18H21FN4O/c1-13-10-14(8-9-16(13)19)11-21-18(20-2)22-12-17(24)23-15-6-4-3-5-7-15/h3-10H,11-12H2,1-2H3,(H,23,24)(H2,20,21,22). The van der Waals surface area contributed by atoms with Crippen molar-refractivity contribution in [2.75, 3.05) is 18.9 Å². The van der Waals surface area contributed by atoms with Gasteiger partial charge >= 0.3 is 0 Å². The number of benzene rings is 2.